The SMILES string of the molecule is O=C(/C=C/c1ccc2c(Sc3ccccc3)c[nH]c2c1)NO. The number of aromatic amines is 1. The van der Waals surface area contributed by atoms with Crippen molar-refractivity contribution in [3.05, 3.63) is 66.4 Å². The average Bonchev–Trinajstić information content (AvgIpc) is 2.96. The Bertz CT molecular complexity index is 825. The second kappa shape index (κ2) is 6.51. The van der Waals surface area contributed by atoms with Gasteiger partial charge in [0, 0.05) is 33.0 Å². The molecule has 0 unspecified atom stereocenters. The lowest BCUT2D eigenvalue weighted by molar-refractivity contribution is -0.124. The summed E-state index contributed by atoms with van der Waals surface area (Å²) in [6.07, 6.45) is 4.91. The summed E-state index contributed by atoms with van der Waals surface area (Å²) in [4.78, 5) is 16.6. The van der Waals surface area contributed by atoms with Crippen LogP contribution in [-0.4, -0.2) is 16.1 Å². The minimum Gasteiger partial charge on any atom is -0.360 e. The molecular formula is C17H14N2O2S. The predicted octanol–water partition coefficient (Wildman–Crippen LogP) is 3.84. The summed E-state index contributed by atoms with van der Waals surface area (Å²) in [6.45, 7) is 0. The molecule has 1 amide bonds. The molecule has 2 aromatic carbocycles. The van der Waals surface area contributed by atoms with Crippen molar-refractivity contribution < 1.29 is 10.0 Å². The summed E-state index contributed by atoms with van der Waals surface area (Å²) >= 11 is 1.71. The first-order valence-electron chi connectivity index (χ1n) is 6.72. The molecule has 0 aliphatic carbocycles. The van der Waals surface area contributed by atoms with Gasteiger partial charge in [-0.25, -0.2) is 5.48 Å². The van der Waals surface area contributed by atoms with Crippen molar-refractivity contribution in [3.8, 4) is 0 Å². The predicted molar refractivity (Wildman–Crippen MR) is 87.8 cm³/mol. The van der Waals surface area contributed by atoms with Crippen molar-refractivity contribution in [2.45, 2.75) is 9.79 Å². The molecular weight excluding hydrogens is 296 g/mol. The van der Waals surface area contributed by atoms with E-state index in [1.807, 2.05) is 42.6 Å². The van der Waals surface area contributed by atoms with E-state index in [-0.39, 0.29) is 0 Å². The first-order valence-corrected chi connectivity index (χ1v) is 7.54. The molecule has 110 valence electrons. The van der Waals surface area contributed by atoms with E-state index in [9.17, 15) is 4.79 Å². The lowest BCUT2D eigenvalue weighted by Crippen LogP contribution is -2.14. The van der Waals surface area contributed by atoms with E-state index in [0.29, 0.717) is 0 Å². The Morgan fingerprint density at radius 3 is 2.77 bits per heavy atom. The molecule has 22 heavy (non-hydrogen) atoms. The number of aromatic nitrogens is 1. The zero-order chi connectivity index (χ0) is 15.4. The first kappa shape index (κ1) is 14.4. The van der Waals surface area contributed by atoms with Gasteiger partial charge in [-0.3, -0.25) is 10.0 Å². The average molecular weight is 310 g/mol. The van der Waals surface area contributed by atoms with Gasteiger partial charge in [0.25, 0.3) is 5.91 Å². The Morgan fingerprint density at radius 2 is 2.00 bits per heavy atom. The molecule has 0 saturated heterocycles. The summed E-state index contributed by atoms with van der Waals surface area (Å²) in [5, 5.41) is 9.61. The maximum Gasteiger partial charge on any atom is 0.267 e. The van der Waals surface area contributed by atoms with Gasteiger partial charge in [-0.05, 0) is 29.8 Å². The Balaban J connectivity index is 1.86. The molecule has 4 nitrogen and oxygen atoms in total. The standard InChI is InChI=1S/C17H14N2O2S/c20-17(19-21)9-7-12-6-8-14-15(10-12)18-11-16(14)22-13-4-2-1-3-5-13/h1-11,18,21H,(H,19,20)/b9-7+. The van der Waals surface area contributed by atoms with E-state index in [0.717, 1.165) is 21.4 Å². The van der Waals surface area contributed by atoms with Crippen LogP contribution in [0.1, 0.15) is 5.56 Å². The molecule has 0 fully saturated rings. The van der Waals surface area contributed by atoms with E-state index in [1.54, 1.807) is 23.3 Å². The Morgan fingerprint density at radius 1 is 1.18 bits per heavy atom. The fourth-order valence-electron chi connectivity index (χ4n) is 2.13. The third-order valence-electron chi connectivity index (χ3n) is 3.18. The second-order valence-corrected chi connectivity index (χ2v) is 5.80. The topological polar surface area (TPSA) is 65.1 Å². The minimum atomic E-state index is -0.549. The summed E-state index contributed by atoms with van der Waals surface area (Å²) in [6, 6.07) is 16.1. The van der Waals surface area contributed by atoms with Gasteiger partial charge in [0.2, 0.25) is 0 Å². The number of fused-ring (bicyclic) bond motifs is 1. The molecule has 3 rings (SSSR count). The van der Waals surface area contributed by atoms with Crippen molar-refractivity contribution in [1.29, 1.82) is 0 Å². The third-order valence-corrected chi connectivity index (χ3v) is 4.24. The van der Waals surface area contributed by atoms with Crippen LogP contribution in [0.2, 0.25) is 0 Å². The van der Waals surface area contributed by atoms with Crippen molar-refractivity contribution in [2.24, 2.45) is 0 Å². The summed E-state index contributed by atoms with van der Waals surface area (Å²) in [7, 11) is 0. The minimum absolute atomic E-state index is 0.549. The number of carbonyl (C=O) groups excluding carboxylic acids is 1. The molecule has 0 atom stereocenters. The van der Waals surface area contributed by atoms with Gasteiger partial charge in [0.05, 0.1) is 0 Å². The van der Waals surface area contributed by atoms with Crippen molar-refractivity contribution >= 4 is 34.6 Å². The molecule has 0 spiro atoms. The lowest BCUT2D eigenvalue weighted by Gasteiger charge is -2.00. The van der Waals surface area contributed by atoms with Crippen LogP contribution in [0.3, 0.4) is 0 Å². The number of carbonyl (C=O) groups is 1. The first-order chi connectivity index (χ1) is 10.8. The summed E-state index contributed by atoms with van der Waals surface area (Å²) in [5.74, 6) is -0.549. The number of H-pyrrole nitrogens is 1. The number of hydrogen-bond donors (Lipinski definition) is 3. The number of hydroxylamine groups is 1. The molecule has 0 bridgehead atoms. The van der Waals surface area contributed by atoms with Gasteiger partial charge < -0.3 is 4.98 Å². The van der Waals surface area contributed by atoms with Gasteiger partial charge in [0.15, 0.2) is 0 Å². The van der Waals surface area contributed by atoms with Crippen LogP contribution < -0.4 is 5.48 Å². The molecule has 5 heteroatoms. The molecule has 3 N–H and O–H groups in total. The van der Waals surface area contributed by atoms with Crippen LogP contribution in [0, 0.1) is 0 Å². The lowest BCUT2D eigenvalue weighted by atomic mass is 10.1. The summed E-state index contributed by atoms with van der Waals surface area (Å²) in [5.41, 5.74) is 3.46. The van der Waals surface area contributed by atoms with Gasteiger partial charge >= 0.3 is 0 Å². The van der Waals surface area contributed by atoms with Gasteiger partial charge in [-0.1, -0.05) is 42.1 Å². The van der Waals surface area contributed by atoms with E-state index in [2.05, 4.69) is 17.1 Å². The van der Waals surface area contributed by atoms with Gasteiger partial charge in [-0.2, -0.15) is 0 Å². The quantitative estimate of drug-likeness (QED) is 0.390. The van der Waals surface area contributed by atoms with Gasteiger partial charge in [-0.15, -0.1) is 0 Å². The fraction of sp³-hybridized carbons (Fsp3) is 0. The number of benzene rings is 2. The monoisotopic (exact) mass is 310 g/mol. The number of rotatable bonds is 4. The van der Waals surface area contributed by atoms with E-state index < -0.39 is 5.91 Å². The third kappa shape index (κ3) is 3.21. The van der Waals surface area contributed by atoms with Crippen LogP contribution >= 0.6 is 11.8 Å². The van der Waals surface area contributed by atoms with Crippen LogP contribution in [0.5, 0.6) is 0 Å². The Hall–Kier alpha value is -2.50. The zero-order valence-electron chi connectivity index (χ0n) is 11.6. The van der Waals surface area contributed by atoms with Crippen LogP contribution in [0.15, 0.2) is 70.6 Å². The van der Waals surface area contributed by atoms with E-state index >= 15 is 0 Å². The highest BCUT2D eigenvalue weighted by atomic mass is 32.2. The van der Waals surface area contributed by atoms with Gasteiger partial charge in [0.1, 0.15) is 0 Å². The molecule has 0 radical (unpaired) electrons. The van der Waals surface area contributed by atoms with Crippen molar-refractivity contribution in [1.82, 2.24) is 10.5 Å². The highest BCUT2D eigenvalue weighted by molar-refractivity contribution is 7.99. The zero-order valence-corrected chi connectivity index (χ0v) is 12.4. The van der Waals surface area contributed by atoms with Crippen LogP contribution in [0.25, 0.3) is 17.0 Å². The molecule has 1 heterocycles. The van der Waals surface area contributed by atoms with E-state index in [4.69, 9.17) is 5.21 Å². The molecule has 0 aliphatic heterocycles. The molecule has 0 aliphatic rings. The second-order valence-electron chi connectivity index (χ2n) is 4.68. The number of amides is 1. The van der Waals surface area contributed by atoms with E-state index in [1.165, 1.54) is 11.0 Å². The number of nitrogens with one attached hydrogen (secondary N) is 2. The van der Waals surface area contributed by atoms with Crippen molar-refractivity contribution in [2.75, 3.05) is 0 Å². The van der Waals surface area contributed by atoms with Crippen LogP contribution in [0.4, 0.5) is 0 Å². The highest BCUT2D eigenvalue weighted by Crippen LogP contribution is 2.33. The largest absolute Gasteiger partial charge is 0.360 e. The highest BCUT2D eigenvalue weighted by Gasteiger charge is 2.05. The summed E-state index contributed by atoms with van der Waals surface area (Å²) < 4.78 is 0. The number of hydrogen-bond acceptors (Lipinski definition) is 3. The smallest absolute Gasteiger partial charge is 0.267 e. The molecule has 3 aromatic rings. The van der Waals surface area contributed by atoms with Crippen LogP contribution in [-0.2, 0) is 4.79 Å². The Labute approximate surface area is 131 Å². The molecule has 1 aromatic heterocycles. The Kier molecular flexibility index (Phi) is 4.27. The maximum atomic E-state index is 11.0. The fourth-order valence-corrected chi connectivity index (χ4v) is 3.08. The normalized spacial score (nSPS) is 11.1. The maximum absolute atomic E-state index is 11.0. The van der Waals surface area contributed by atoms with Crippen molar-refractivity contribution in [3.63, 3.8) is 0 Å². The molecule has 0 saturated carbocycles.